The highest BCUT2D eigenvalue weighted by Crippen LogP contribution is 2.33. The molecule has 1 aliphatic carbocycles. The number of aryl methyl sites for hydroxylation is 1. The van der Waals surface area contributed by atoms with Gasteiger partial charge in [0.2, 0.25) is 0 Å². The number of ether oxygens (including phenoxy) is 3. The minimum Gasteiger partial charge on any atom is -0.484 e. The summed E-state index contributed by atoms with van der Waals surface area (Å²) in [7, 11) is 4.79. The summed E-state index contributed by atoms with van der Waals surface area (Å²) in [6.45, 7) is 1.20. The van der Waals surface area contributed by atoms with E-state index in [9.17, 15) is 22.4 Å². The van der Waals surface area contributed by atoms with Crippen molar-refractivity contribution in [2.45, 2.75) is 57.3 Å². The van der Waals surface area contributed by atoms with E-state index in [4.69, 9.17) is 14.2 Å². The summed E-state index contributed by atoms with van der Waals surface area (Å²) in [6.07, 6.45) is -0.276. The monoisotopic (exact) mass is 490 g/mol. The average molecular weight is 490 g/mol. The number of nitrogens with one attached hydrogen (secondary N) is 1. The van der Waals surface area contributed by atoms with Crippen LogP contribution in [0.15, 0.2) is 6.07 Å². The minimum atomic E-state index is -2.82. The summed E-state index contributed by atoms with van der Waals surface area (Å²) >= 11 is 0. The van der Waals surface area contributed by atoms with E-state index in [-0.39, 0.29) is 41.3 Å². The molecular weight excluding hydrogens is 460 g/mol. The fourth-order valence-corrected chi connectivity index (χ4v) is 3.75. The first kappa shape index (κ1) is 25.9. The highest BCUT2D eigenvalue weighted by Gasteiger charge is 2.27. The number of rotatable bonds is 9. The Morgan fingerprint density at radius 1 is 1.21 bits per heavy atom. The van der Waals surface area contributed by atoms with Gasteiger partial charge in [0.25, 0.3) is 12.4 Å². The van der Waals surface area contributed by atoms with Crippen molar-refractivity contribution in [1.82, 2.24) is 19.8 Å². The molecule has 8 nitrogen and oxygen atoms in total. The fourth-order valence-electron chi connectivity index (χ4n) is 3.75. The molecule has 1 fully saturated rings. The number of carbonyl (C=O) groups excluding carboxylic acids is 1. The lowest BCUT2D eigenvalue weighted by Crippen LogP contribution is -2.43. The van der Waals surface area contributed by atoms with Crippen LogP contribution in [0.2, 0.25) is 0 Å². The van der Waals surface area contributed by atoms with Crippen molar-refractivity contribution in [2.75, 3.05) is 27.3 Å². The van der Waals surface area contributed by atoms with E-state index in [2.05, 4.69) is 10.3 Å². The fraction of sp³-hybridized carbons (Fsp3) is 0.636. The smallest absolute Gasteiger partial charge is 0.317 e. The van der Waals surface area contributed by atoms with E-state index >= 15 is 0 Å². The Morgan fingerprint density at radius 3 is 2.47 bits per heavy atom. The van der Waals surface area contributed by atoms with Crippen LogP contribution in [-0.4, -0.2) is 72.5 Å². The predicted octanol–water partition coefficient (Wildman–Crippen LogP) is 3.86. The van der Waals surface area contributed by atoms with Crippen molar-refractivity contribution in [3.8, 4) is 11.8 Å². The standard InChI is InChI=1S/C22H30F4N4O4/c1-12(27-21(31)29(2)3)10-32-13-5-7-14(8-6-13)34-22-28-19-15(23)9-16(33-11-17(24)25)18(26)20(19)30(22)4/h9,12-14,17H,5-8,10-11H2,1-4H3,(H,27,31)/t12-,13?,14?/m0/s1. The SMILES string of the molecule is C[C@@H](COC1CCC(Oc2nc3c(F)cc(OCC(F)F)c(F)c3n2C)CC1)NC(=O)N(C)C. The Morgan fingerprint density at radius 2 is 1.85 bits per heavy atom. The molecule has 12 heteroatoms. The van der Waals surface area contributed by atoms with Crippen molar-refractivity contribution < 1.29 is 36.6 Å². The van der Waals surface area contributed by atoms with Gasteiger partial charge in [0.1, 0.15) is 23.7 Å². The summed E-state index contributed by atoms with van der Waals surface area (Å²) < 4.78 is 71.8. The number of hydrogen-bond donors (Lipinski definition) is 1. The number of halogens is 4. The third-order valence-electron chi connectivity index (χ3n) is 5.58. The number of fused-ring (bicyclic) bond motifs is 1. The zero-order valence-corrected chi connectivity index (χ0v) is 19.6. The maximum absolute atomic E-state index is 14.8. The molecular formula is C22H30F4N4O4. The van der Waals surface area contributed by atoms with Crippen molar-refractivity contribution in [3.63, 3.8) is 0 Å². The van der Waals surface area contributed by atoms with Crippen LogP contribution in [0.3, 0.4) is 0 Å². The van der Waals surface area contributed by atoms with Gasteiger partial charge in [-0.3, -0.25) is 4.57 Å². The van der Waals surface area contributed by atoms with Crippen molar-refractivity contribution in [2.24, 2.45) is 7.05 Å². The lowest BCUT2D eigenvalue weighted by Gasteiger charge is -2.29. The Kier molecular flexibility index (Phi) is 8.45. The highest BCUT2D eigenvalue weighted by atomic mass is 19.3. The molecule has 190 valence electrons. The Hall–Kier alpha value is -2.76. The summed E-state index contributed by atoms with van der Waals surface area (Å²) in [5.41, 5.74) is -0.477. The molecule has 34 heavy (non-hydrogen) atoms. The van der Waals surface area contributed by atoms with Crippen LogP contribution in [-0.2, 0) is 11.8 Å². The molecule has 1 aromatic heterocycles. The van der Waals surface area contributed by atoms with Crippen LogP contribution in [0.1, 0.15) is 32.6 Å². The maximum Gasteiger partial charge on any atom is 0.317 e. The number of imidazole rings is 1. The van der Waals surface area contributed by atoms with Gasteiger partial charge < -0.3 is 24.4 Å². The molecule has 1 N–H and O–H groups in total. The molecule has 1 atom stereocenters. The number of alkyl halides is 2. The van der Waals surface area contributed by atoms with Crippen molar-refractivity contribution in [1.29, 1.82) is 0 Å². The van der Waals surface area contributed by atoms with Gasteiger partial charge in [0.05, 0.1) is 18.8 Å². The first-order valence-corrected chi connectivity index (χ1v) is 11.1. The van der Waals surface area contributed by atoms with Crippen molar-refractivity contribution in [3.05, 3.63) is 17.7 Å². The van der Waals surface area contributed by atoms with Gasteiger partial charge in [-0.25, -0.2) is 22.4 Å². The number of amides is 2. The average Bonchev–Trinajstić information content (AvgIpc) is 3.11. The van der Waals surface area contributed by atoms with Gasteiger partial charge in [0, 0.05) is 27.2 Å². The van der Waals surface area contributed by atoms with Crippen molar-refractivity contribution >= 4 is 17.1 Å². The Balaban J connectivity index is 1.57. The maximum atomic E-state index is 14.8. The molecule has 1 aromatic carbocycles. The first-order valence-electron chi connectivity index (χ1n) is 11.1. The van der Waals surface area contributed by atoms with E-state index in [1.807, 2.05) is 6.92 Å². The molecule has 1 heterocycles. The van der Waals surface area contributed by atoms with Gasteiger partial charge in [-0.15, -0.1) is 0 Å². The molecule has 0 radical (unpaired) electrons. The second-order valence-corrected chi connectivity index (χ2v) is 8.62. The summed E-state index contributed by atoms with van der Waals surface area (Å²) in [6, 6.07) is 0.420. The van der Waals surface area contributed by atoms with Crippen LogP contribution in [0, 0.1) is 11.6 Å². The van der Waals surface area contributed by atoms with Crippen LogP contribution >= 0.6 is 0 Å². The molecule has 0 spiro atoms. The molecule has 0 saturated heterocycles. The molecule has 1 aliphatic rings. The largest absolute Gasteiger partial charge is 0.484 e. The van der Waals surface area contributed by atoms with Crippen LogP contribution in [0.4, 0.5) is 22.4 Å². The van der Waals surface area contributed by atoms with Crippen LogP contribution in [0.25, 0.3) is 11.0 Å². The van der Waals surface area contributed by atoms with Gasteiger partial charge in [0.15, 0.2) is 17.4 Å². The number of aromatic nitrogens is 2. The van der Waals surface area contributed by atoms with E-state index < -0.39 is 30.4 Å². The number of urea groups is 1. The second-order valence-electron chi connectivity index (χ2n) is 8.62. The van der Waals surface area contributed by atoms with E-state index in [1.54, 1.807) is 14.1 Å². The number of hydrogen-bond acceptors (Lipinski definition) is 5. The molecule has 2 amide bonds. The summed E-state index contributed by atoms with van der Waals surface area (Å²) in [5.74, 6) is -2.47. The first-order chi connectivity index (χ1) is 16.1. The number of benzene rings is 1. The van der Waals surface area contributed by atoms with Gasteiger partial charge in [-0.2, -0.15) is 4.98 Å². The third-order valence-corrected chi connectivity index (χ3v) is 5.58. The zero-order valence-electron chi connectivity index (χ0n) is 19.6. The molecule has 2 aromatic rings. The molecule has 0 aliphatic heterocycles. The summed E-state index contributed by atoms with van der Waals surface area (Å²) in [5, 5.41) is 2.82. The highest BCUT2D eigenvalue weighted by molar-refractivity contribution is 5.80. The quantitative estimate of drug-likeness (QED) is 0.540. The lowest BCUT2D eigenvalue weighted by molar-refractivity contribution is -0.00585. The molecule has 1 saturated carbocycles. The number of carbonyl (C=O) groups is 1. The molecule has 0 bridgehead atoms. The lowest BCUT2D eigenvalue weighted by atomic mass is 9.95. The zero-order chi connectivity index (χ0) is 25.0. The van der Waals surface area contributed by atoms with Gasteiger partial charge >= 0.3 is 6.03 Å². The second kappa shape index (κ2) is 11.1. The van der Waals surface area contributed by atoms with Gasteiger partial charge in [-0.1, -0.05) is 0 Å². The van der Waals surface area contributed by atoms with E-state index in [1.165, 1.54) is 16.5 Å². The summed E-state index contributed by atoms with van der Waals surface area (Å²) in [4.78, 5) is 17.2. The molecule has 0 unspecified atom stereocenters. The van der Waals surface area contributed by atoms with E-state index in [0.29, 0.717) is 25.5 Å². The Bertz CT molecular complexity index is 993. The van der Waals surface area contributed by atoms with Crippen LogP contribution < -0.4 is 14.8 Å². The molecule has 3 rings (SSSR count). The third kappa shape index (κ3) is 6.22. The van der Waals surface area contributed by atoms with E-state index in [0.717, 1.165) is 12.8 Å². The minimum absolute atomic E-state index is 0.0171. The van der Waals surface area contributed by atoms with Gasteiger partial charge in [-0.05, 0) is 32.6 Å². The topological polar surface area (TPSA) is 77.8 Å². The Labute approximate surface area is 195 Å². The van der Waals surface area contributed by atoms with Crippen LogP contribution in [0.5, 0.6) is 11.8 Å². The predicted molar refractivity (Wildman–Crippen MR) is 116 cm³/mol. The normalized spacial score (nSPS) is 19.3. The number of nitrogens with zero attached hydrogens (tertiary/aromatic N) is 3.